The van der Waals surface area contributed by atoms with Crippen LogP contribution in [0, 0.1) is 0 Å². The fourth-order valence-corrected chi connectivity index (χ4v) is 1.34. The number of amides is 1. The normalized spacial score (nSPS) is 9.17. The predicted molar refractivity (Wildman–Crippen MR) is 73.5 cm³/mol. The van der Waals surface area contributed by atoms with E-state index in [4.69, 9.17) is 4.74 Å². The van der Waals surface area contributed by atoms with Crippen LogP contribution < -0.4 is 4.74 Å². The largest absolute Gasteiger partial charge is 0.481 e. The fourth-order valence-electron chi connectivity index (χ4n) is 1.34. The highest BCUT2D eigenvalue weighted by molar-refractivity contribution is 5.75. The first kappa shape index (κ1) is 16.4. The molecule has 1 aromatic rings. The Morgan fingerprint density at radius 3 is 2.50 bits per heavy atom. The van der Waals surface area contributed by atoms with Crippen molar-refractivity contribution in [1.29, 1.82) is 0 Å². The summed E-state index contributed by atoms with van der Waals surface area (Å²) >= 11 is 0. The average molecular weight is 252 g/mol. The zero-order chi connectivity index (χ0) is 14.0. The van der Waals surface area contributed by atoms with E-state index in [1.807, 2.05) is 19.1 Å². The molecule has 0 aliphatic heterocycles. The number of ether oxygens (including phenoxy) is 1. The molecule has 0 fully saturated rings. The standard InChI is InChI=1S/C11H16N2O2.C3H8/c1-4-10(14)13(2)8-9-6-5-7-12-11(9)15-3;1-3-2/h5-7H,4,8H2,1-3H3;3H2,1-2H3. The van der Waals surface area contributed by atoms with Crippen LogP contribution in [0.4, 0.5) is 0 Å². The fraction of sp³-hybridized carbons (Fsp3) is 0.571. The molecule has 0 aliphatic carbocycles. The summed E-state index contributed by atoms with van der Waals surface area (Å²) in [4.78, 5) is 17.1. The minimum atomic E-state index is 0.112. The topological polar surface area (TPSA) is 42.4 Å². The van der Waals surface area contributed by atoms with E-state index in [1.165, 1.54) is 6.42 Å². The summed E-state index contributed by atoms with van der Waals surface area (Å²) in [7, 11) is 3.35. The molecule has 0 atom stereocenters. The van der Waals surface area contributed by atoms with Gasteiger partial charge in [-0.15, -0.1) is 0 Å². The highest BCUT2D eigenvalue weighted by Gasteiger charge is 2.10. The molecular weight excluding hydrogens is 228 g/mol. The first-order valence-corrected chi connectivity index (χ1v) is 6.32. The third-order valence-corrected chi connectivity index (χ3v) is 2.18. The number of hydrogen-bond acceptors (Lipinski definition) is 3. The van der Waals surface area contributed by atoms with E-state index >= 15 is 0 Å². The van der Waals surface area contributed by atoms with Gasteiger partial charge in [0.15, 0.2) is 0 Å². The van der Waals surface area contributed by atoms with Gasteiger partial charge in [0.2, 0.25) is 11.8 Å². The maximum absolute atomic E-state index is 11.4. The molecule has 4 heteroatoms. The van der Waals surface area contributed by atoms with Crippen LogP contribution in [0.25, 0.3) is 0 Å². The van der Waals surface area contributed by atoms with Crippen molar-refractivity contribution in [3.8, 4) is 5.88 Å². The van der Waals surface area contributed by atoms with Gasteiger partial charge in [0.1, 0.15) is 0 Å². The van der Waals surface area contributed by atoms with Crippen molar-refractivity contribution in [3.63, 3.8) is 0 Å². The second-order valence-electron chi connectivity index (χ2n) is 3.98. The number of nitrogens with zero attached hydrogens (tertiary/aromatic N) is 2. The highest BCUT2D eigenvalue weighted by Crippen LogP contribution is 2.15. The minimum absolute atomic E-state index is 0.112. The zero-order valence-electron chi connectivity index (χ0n) is 12.1. The van der Waals surface area contributed by atoms with Crippen molar-refractivity contribution in [2.75, 3.05) is 14.2 Å². The van der Waals surface area contributed by atoms with E-state index in [9.17, 15) is 4.79 Å². The van der Waals surface area contributed by atoms with Crippen molar-refractivity contribution in [2.24, 2.45) is 0 Å². The Labute approximate surface area is 110 Å². The lowest BCUT2D eigenvalue weighted by Crippen LogP contribution is -2.25. The van der Waals surface area contributed by atoms with Gasteiger partial charge in [0, 0.05) is 25.2 Å². The van der Waals surface area contributed by atoms with Gasteiger partial charge in [-0.05, 0) is 6.07 Å². The van der Waals surface area contributed by atoms with E-state index in [1.54, 1.807) is 25.3 Å². The third kappa shape index (κ3) is 5.66. The van der Waals surface area contributed by atoms with Gasteiger partial charge in [-0.2, -0.15) is 0 Å². The van der Waals surface area contributed by atoms with Crippen LogP contribution in [0.3, 0.4) is 0 Å². The monoisotopic (exact) mass is 252 g/mol. The number of hydrogen-bond donors (Lipinski definition) is 0. The van der Waals surface area contributed by atoms with Crippen LogP contribution in [0.15, 0.2) is 18.3 Å². The maximum Gasteiger partial charge on any atom is 0.222 e. The lowest BCUT2D eigenvalue weighted by molar-refractivity contribution is -0.130. The predicted octanol–water partition coefficient (Wildman–Crippen LogP) is 2.87. The van der Waals surface area contributed by atoms with Crippen LogP contribution in [0.5, 0.6) is 5.88 Å². The molecule has 0 aliphatic rings. The number of rotatable bonds is 4. The van der Waals surface area contributed by atoms with E-state index < -0.39 is 0 Å². The van der Waals surface area contributed by atoms with Crippen molar-refractivity contribution >= 4 is 5.91 Å². The molecule has 4 nitrogen and oxygen atoms in total. The van der Waals surface area contributed by atoms with Crippen LogP contribution in [-0.2, 0) is 11.3 Å². The molecule has 0 saturated heterocycles. The molecule has 102 valence electrons. The van der Waals surface area contributed by atoms with Gasteiger partial charge < -0.3 is 9.64 Å². The molecule has 1 rings (SSSR count). The number of carbonyl (C=O) groups is 1. The Morgan fingerprint density at radius 1 is 1.39 bits per heavy atom. The molecule has 18 heavy (non-hydrogen) atoms. The number of carbonyl (C=O) groups excluding carboxylic acids is 1. The van der Waals surface area contributed by atoms with E-state index in [0.29, 0.717) is 18.8 Å². The van der Waals surface area contributed by atoms with E-state index in [-0.39, 0.29) is 5.91 Å². The molecule has 0 unspecified atom stereocenters. The van der Waals surface area contributed by atoms with Gasteiger partial charge in [0.25, 0.3) is 0 Å². The Hall–Kier alpha value is -1.58. The van der Waals surface area contributed by atoms with Gasteiger partial charge >= 0.3 is 0 Å². The number of methoxy groups -OCH3 is 1. The van der Waals surface area contributed by atoms with Gasteiger partial charge in [-0.3, -0.25) is 4.79 Å². The van der Waals surface area contributed by atoms with Gasteiger partial charge in [-0.1, -0.05) is 33.3 Å². The molecule has 0 aromatic carbocycles. The molecule has 0 radical (unpaired) electrons. The summed E-state index contributed by atoms with van der Waals surface area (Å²) in [6, 6.07) is 3.74. The third-order valence-electron chi connectivity index (χ3n) is 2.18. The van der Waals surface area contributed by atoms with Crippen LogP contribution >= 0.6 is 0 Å². The molecule has 0 bridgehead atoms. The summed E-state index contributed by atoms with van der Waals surface area (Å²) in [6.45, 7) is 6.63. The molecule has 1 amide bonds. The van der Waals surface area contributed by atoms with Crippen LogP contribution in [-0.4, -0.2) is 29.9 Å². The molecule has 1 aromatic heterocycles. The lowest BCUT2D eigenvalue weighted by atomic mass is 10.2. The van der Waals surface area contributed by atoms with Crippen molar-refractivity contribution < 1.29 is 9.53 Å². The van der Waals surface area contributed by atoms with Crippen molar-refractivity contribution in [3.05, 3.63) is 23.9 Å². The van der Waals surface area contributed by atoms with Crippen LogP contribution in [0.1, 0.15) is 39.2 Å². The number of aromatic nitrogens is 1. The molecule has 0 spiro atoms. The van der Waals surface area contributed by atoms with E-state index in [0.717, 1.165) is 5.56 Å². The van der Waals surface area contributed by atoms with Gasteiger partial charge in [0.05, 0.1) is 13.7 Å². The zero-order valence-corrected chi connectivity index (χ0v) is 12.1. The molecule has 0 N–H and O–H groups in total. The average Bonchev–Trinajstić information content (AvgIpc) is 2.39. The highest BCUT2D eigenvalue weighted by atomic mass is 16.5. The van der Waals surface area contributed by atoms with E-state index in [2.05, 4.69) is 18.8 Å². The lowest BCUT2D eigenvalue weighted by Gasteiger charge is -2.17. The van der Waals surface area contributed by atoms with Crippen molar-refractivity contribution in [1.82, 2.24) is 9.88 Å². The van der Waals surface area contributed by atoms with Gasteiger partial charge in [-0.25, -0.2) is 4.98 Å². The Balaban J connectivity index is 0.000000873. The minimum Gasteiger partial charge on any atom is -0.481 e. The first-order chi connectivity index (χ1) is 8.60. The molecular formula is C14H24N2O2. The molecule has 1 heterocycles. The second-order valence-corrected chi connectivity index (χ2v) is 3.98. The van der Waals surface area contributed by atoms with Crippen LogP contribution in [0.2, 0.25) is 0 Å². The second kappa shape index (κ2) is 9.45. The smallest absolute Gasteiger partial charge is 0.222 e. The summed E-state index contributed by atoms with van der Waals surface area (Å²) in [6.07, 6.45) is 3.43. The van der Waals surface area contributed by atoms with Crippen molar-refractivity contribution in [2.45, 2.75) is 40.2 Å². The number of pyridine rings is 1. The first-order valence-electron chi connectivity index (χ1n) is 6.32. The Kier molecular flexibility index (Phi) is 8.62. The Morgan fingerprint density at radius 2 is 2.00 bits per heavy atom. The Bertz CT molecular complexity index is 353. The SMILES string of the molecule is CCC.CCC(=O)N(C)Cc1cccnc1OC. The quantitative estimate of drug-likeness (QED) is 0.827. The summed E-state index contributed by atoms with van der Waals surface area (Å²) in [5.41, 5.74) is 0.921. The summed E-state index contributed by atoms with van der Waals surface area (Å²) in [5.74, 6) is 0.689. The molecule has 0 saturated carbocycles. The summed E-state index contributed by atoms with van der Waals surface area (Å²) in [5, 5.41) is 0. The maximum atomic E-state index is 11.4. The summed E-state index contributed by atoms with van der Waals surface area (Å²) < 4.78 is 5.11.